The van der Waals surface area contributed by atoms with E-state index in [0.29, 0.717) is 19.6 Å². The predicted octanol–water partition coefficient (Wildman–Crippen LogP) is 2.84. The number of carbonyl (C=O) groups is 1. The smallest absolute Gasteiger partial charge is 0.410 e. The van der Waals surface area contributed by atoms with E-state index in [9.17, 15) is 4.79 Å². The summed E-state index contributed by atoms with van der Waals surface area (Å²) in [6.45, 7) is 7.51. The third-order valence-corrected chi connectivity index (χ3v) is 2.84. The molecule has 1 N–H and O–H groups in total. The molecule has 1 heterocycles. The molecule has 5 nitrogen and oxygen atoms in total. The Morgan fingerprint density at radius 1 is 1.47 bits per heavy atom. The summed E-state index contributed by atoms with van der Waals surface area (Å²) in [6.07, 6.45) is -0.304. The monoisotopic (exact) mass is 380 g/mol. The van der Waals surface area contributed by atoms with Gasteiger partial charge in [-0.1, -0.05) is 0 Å². The molecule has 0 aliphatic carbocycles. The minimum Gasteiger partial charge on any atom is -0.454 e. The van der Waals surface area contributed by atoms with E-state index < -0.39 is 5.60 Å². The van der Waals surface area contributed by atoms with Gasteiger partial charge in [0.2, 0.25) is 0 Å². The Hall–Kier alpha value is -0.760. The van der Waals surface area contributed by atoms with Gasteiger partial charge in [-0.2, -0.15) is 0 Å². The van der Waals surface area contributed by atoms with E-state index in [2.05, 4.69) is 27.9 Å². The molecule has 1 amide bonds. The molecule has 0 spiro atoms. The van der Waals surface area contributed by atoms with Crippen LogP contribution in [0.3, 0.4) is 0 Å². The van der Waals surface area contributed by atoms with Gasteiger partial charge in [0, 0.05) is 20.1 Å². The van der Waals surface area contributed by atoms with Crippen LogP contribution < -0.4 is 5.32 Å². The van der Waals surface area contributed by atoms with Gasteiger partial charge in [0.05, 0.1) is 6.54 Å². The molecule has 0 aromatic carbocycles. The zero-order valence-electron chi connectivity index (χ0n) is 11.8. The average Bonchev–Trinajstić information content (AvgIpc) is 2.68. The van der Waals surface area contributed by atoms with Crippen LogP contribution in [-0.4, -0.2) is 36.7 Å². The SMILES string of the molecule is CN(CCNCc1ccc(I)o1)C(=O)OC(C)(C)C. The Kier molecular flexibility index (Phi) is 6.12. The number of ether oxygens (including phenoxy) is 1. The van der Waals surface area contributed by atoms with Gasteiger partial charge < -0.3 is 19.4 Å². The minimum absolute atomic E-state index is 0.304. The van der Waals surface area contributed by atoms with Crippen molar-refractivity contribution in [3.05, 3.63) is 21.7 Å². The molecule has 0 saturated heterocycles. The Bertz CT molecular complexity index is 412. The Morgan fingerprint density at radius 2 is 2.16 bits per heavy atom. The first-order chi connectivity index (χ1) is 8.78. The van der Waals surface area contributed by atoms with Gasteiger partial charge in [-0.15, -0.1) is 0 Å². The van der Waals surface area contributed by atoms with Gasteiger partial charge in [-0.3, -0.25) is 0 Å². The van der Waals surface area contributed by atoms with Crippen molar-refractivity contribution in [3.63, 3.8) is 0 Å². The Balaban J connectivity index is 2.20. The van der Waals surface area contributed by atoms with E-state index in [1.807, 2.05) is 32.9 Å². The molecular formula is C13H21IN2O3. The fourth-order valence-electron chi connectivity index (χ4n) is 1.34. The summed E-state index contributed by atoms with van der Waals surface area (Å²) in [5.74, 6) is 0.893. The normalized spacial score (nSPS) is 11.4. The molecular weight excluding hydrogens is 359 g/mol. The van der Waals surface area contributed by atoms with Crippen molar-refractivity contribution in [1.82, 2.24) is 10.2 Å². The van der Waals surface area contributed by atoms with Crippen LogP contribution >= 0.6 is 22.6 Å². The molecule has 0 aliphatic heterocycles. The number of amides is 1. The Morgan fingerprint density at radius 3 is 2.68 bits per heavy atom. The fourth-order valence-corrected chi connectivity index (χ4v) is 1.80. The molecule has 0 unspecified atom stereocenters. The summed E-state index contributed by atoms with van der Waals surface area (Å²) in [6, 6.07) is 3.86. The maximum Gasteiger partial charge on any atom is 0.410 e. The van der Waals surface area contributed by atoms with Crippen molar-refractivity contribution in [3.8, 4) is 0 Å². The van der Waals surface area contributed by atoms with Crippen LogP contribution in [0.25, 0.3) is 0 Å². The molecule has 0 bridgehead atoms. The second-order valence-corrected chi connectivity index (χ2v) is 6.35. The van der Waals surface area contributed by atoms with Crippen molar-refractivity contribution in [1.29, 1.82) is 0 Å². The van der Waals surface area contributed by atoms with Crippen LogP contribution in [0, 0.1) is 3.77 Å². The van der Waals surface area contributed by atoms with Crippen molar-refractivity contribution in [2.24, 2.45) is 0 Å². The molecule has 108 valence electrons. The van der Waals surface area contributed by atoms with Crippen LogP contribution in [0.1, 0.15) is 26.5 Å². The summed E-state index contributed by atoms with van der Waals surface area (Å²) in [7, 11) is 1.73. The average molecular weight is 380 g/mol. The highest BCUT2D eigenvalue weighted by Crippen LogP contribution is 2.10. The lowest BCUT2D eigenvalue weighted by molar-refractivity contribution is 0.0300. The third kappa shape index (κ3) is 6.81. The number of carbonyl (C=O) groups excluding carboxylic acids is 1. The number of hydrogen-bond acceptors (Lipinski definition) is 4. The second-order valence-electron chi connectivity index (χ2n) is 5.28. The van der Waals surface area contributed by atoms with E-state index in [1.165, 1.54) is 0 Å². The molecule has 0 radical (unpaired) electrons. The summed E-state index contributed by atoms with van der Waals surface area (Å²) < 4.78 is 11.6. The van der Waals surface area contributed by atoms with Crippen LogP contribution in [0.5, 0.6) is 0 Å². The van der Waals surface area contributed by atoms with Gasteiger partial charge >= 0.3 is 6.09 Å². The van der Waals surface area contributed by atoms with Crippen molar-refractivity contribution >= 4 is 28.7 Å². The van der Waals surface area contributed by atoms with Gasteiger partial charge in [0.1, 0.15) is 11.4 Å². The molecule has 0 saturated carbocycles. The van der Waals surface area contributed by atoms with Gasteiger partial charge in [0.25, 0.3) is 0 Å². The second kappa shape index (κ2) is 7.14. The zero-order chi connectivity index (χ0) is 14.5. The first kappa shape index (κ1) is 16.3. The van der Waals surface area contributed by atoms with Gasteiger partial charge in [-0.05, 0) is 55.5 Å². The lowest BCUT2D eigenvalue weighted by atomic mass is 10.2. The zero-order valence-corrected chi connectivity index (χ0v) is 14.0. The molecule has 0 aliphatic rings. The standard InChI is InChI=1S/C13H21IN2O3/c1-13(2,3)19-12(17)16(4)8-7-15-9-10-5-6-11(14)18-10/h5-6,15H,7-9H2,1-4H3. The van der Waals surface area contributed by atoms with Crippen molar-refractivity contribution in [2.45, 2.75) is 32.9 Å². The highest BCUT2D eigenvalue weighted by atomic mass is 127. The fraction of sp³-hybridized carbons (Fsp3) is 0.615. The highest BCUT2D eigenvalue weighted by Gasteiger charge is 2.18. The molecule has 0 fully saturated rings. The van der Waals surface area contributed by atoms with Crippen molar-refractivity contribution < 1.29 is 13.9 Å². The first-order valence-electron chi connectivity index (χ1n) is 6.17. The topological polar surface area (TPSA) is 54.7 Å². The number of nitrogens with one attached hydrogen (secondary N) is 1. The molecule has 0 atom stereocenters. The maximum atomic E-state index is 11.7. The number of nitrogens with zero attached hydrogens (tertiary/aromatic N) is 1. The summed E-state index contributed by atoms with van der Waals surface area (Å²) in [5, 5.41) is 3.22. The number of furan rings is 1. The molecule has 1 rings (SSSR count). The summed E-state index contributed by atoms with van der Waals surface area (Å²) >= 11 is 2.13. The minimum atomic E-state index is -0.455. The lowest BCUT2D eigenvalue weighted by Gasteiger charge is -2.24. The van der Waals surface area contributed by atoms with Crippen molar-refractivity contribution in [2.75, 3.05) is 20.1 Å². The third-order valence-electron chi connectivity index (χ3n) is 2.26. The Labute approximate surface area is 127 Å². The van der Waals surface area contributed by atoms with E-state index >= 15 is 0 Å². The van der Waals surface area contributed by atoms with Crippen LogP contribution in [-0.2, 0) is 11.3 Å². The molecule has 1 aromatic heterocycles. The maximum absolute atomic E-state index is 11.7. The largest absolute Gasteiger partial charge is 0.454 e. The predicted molar refractivity (Wildman–Crippen MR) is 82.0 cm³/mol. The molecule has 6 heteroatoms. The number of rotatable bonds is 5. The molecule has 19 heavy (non-hydrogen) atoms. The van der Waals surface area contributed by atoms with Gasteiger partial charge in [-0.25, -0.2) is 4.79 Å². The highest BCUT2D eigenvalue weighted by molar-refractivity contribution is 14.1. The van der Waals surface area contributed by atoms with Crippen LogP contribution in [0.4, 0.5) is 4.79 Å². The van der Waals surface area contributed by atoms with Gasteiger partial charge in [0.15, 0.2) is 3.77 Å². The number of hydrogen-bond donors (Lipinski definition) is 1. The van der Waals surface area contributed by atoms with Crippen LogP contribution in [0.15, 0.2) is 16.5 Å². The lowest BCUT2D eigenvalue weighted by Crippen LogP contribution is -2.37. The van der Waals surface area contributed by atoms with E-state index in [4.69, 9.17) is 9.15 Å². The van der Waals surface area contributed by atoms with E-state index in [0.717, 1.165) is 9.53 Å². The first-order valence-corrected chi connectivity index (χ1v) is 7.25. The number of halogens is 1. The number of likely N-dealkylation sites (N-methyl/N-ethyl adjacent to an activating group) is 1. The summed E-state index contributed by atoms with van der Waals surface area (Å²) in [4.78, 5) is 13.2. The quantitative estimate of drug-likeness (QED) is 0.631. The summed E-state index contributed by atoms with van der Waals surface area (Å²) in [5.41, 5.74) is -0.455. The van der Waals surface area contributed by atoms with Crippen LogP contribution in [0.2, 0.25) is 0 Å². The van der Waals surface area contributed by atoms with E-state index in [1.54, 1.807) is 11.9 Å². The molecule has 1 aromatic rings. The van der Waals surface area contributed by atoms with E-state index in [-0.39, 0.29) is 6.09 Å².